The molecule has 4 rings (SSSR count). The van der Waals surface area contributed by atoms with Crippen LogP contribution in [0.5, 0.6) is 5.88 Å². The molecular weight excluding hydrogens is 302 g/mol. The van der Waals surface area contributed by atoms with Crippen molar-refractivity contribution in [3.63, 3.8) is 0 Å². The molecule has 0 amide bonds. The summed E-state index contributed by atoms with van der Waals surface area (Å²) in [5.41, 5.74) is 2.63. The van der Waals surface area contributed by atoms with E-state index in [2.05, 4.69) is 11.2 Å². The summed E-state index contributed by atoms with van der Waals surface area (Å²) in [5.74, 6) is 0.518. The molecule has 0 aliphatic heterocycles. The number of rotatable bonds is 4. The summed E-state index contributed by atoms with van der Waals surface area (Å²) in [6.45, 7) is 2.15. The molecule has 0 unspecified atom stereocenters. The predicted molar refractivity (Wildman–Crippen MR) is 93.7 cm³/mol. The Morgan fingerprint density at radius 2 is 1.71 bits per heavy atom. The van der Waals surface area contributed by atoms with Gasteiger partial charge in [-0.3, -0.25) is 0 Å². The number of benzene rings is 2. The first kappa shape index (κ1) is 14.7. The molecular formula is C19H17N3O2. The van der Waals surface area contributed by atoms with Crippen LogP contribution in [0.15, 0.2) is 54.6 Å². The van der Waals surface area contributed by atoms with Gasteiger partial charge < -0.3 is 9.84 Å². The molecule has 2 heterocycles. The van der Waals surface area contributed by atoms with E-state index in [0.29, 0.717) is 5.88 Å². The van der Waals surface area contributed by atoms with Crippen LogP contribution < -0.4 is 4.74 Å². The molecule has 0 fully saturated rings. The number of para-hydroxylation sites is 1. The summed E-state index contributed by atoms with van der Waals surface area (Å²) in [6, 6.07) is 17.9. The van der Waals surface area contributed by atoms with Crippen molar-refractivity contribution in [1.29, 1.82) is 0 Å². The van der Waals surface area contributed by atoms with Gasteiger partial charge in [-0.05, 0) is 30.5 Å². The number of aromatic nitrogens is 3. The first-order valence-corrected chi connectivity index (χ1v) is 7.87. The van der Waals surface area contributed by atoms with Gasteiger partial charge in [0.15, 0.2) is 5.65 Å². The minimum atomic E-state index is -0.0506. The molecule has 0 radical (unpaired) electrons. The maximum Gasteiger partial charge on any atom is 0.223 e. The van der Waals surface area contributed by atoms with Gasteiger partial charge in [-0.25, -0.2) is 4.68 Å². The van der Waals surface area contributed by atoms with Crippen LogP contribution >= 0.6 is 0 Å². The molecule has 0 saturated carbocycles. The summed E-state index contributed by atoms with van der Waals surface area (Å²) < 4.78 is 7.51. The number of nitrogens with zero attached hydrogens (tertiary/aromatic N) is 3. The van der Waals surface area contributed by atoms with Crippen molar-refractivity contribution < 1.29 is 9.84 Å². The second-order valence-corrected chi connectivity index (χ2v) is 5.57. The van der Waals surface area contributed by atoms with Crippen molar-refractivity contribution in [2.75, 3.05) is 13.2 Å². The highest BCUT2D eigenvalue weighted by Crippen LogP contribution is 2.33. The number of pyridine rings is 1. The minimum absolute atomic E-state index is 0.0506. The van der Waals surface area contributed by atoms with Gasteiger partial charge in [0.05, 0.1) is 23.4 Å². The van der Waals surface area contributed by atoms with Gasteiger partial charge in [0.2, 0.25) is 5.88 Å². The first-order chi connectivity index (χ1) is 11.8. The number of hydrogen-bond donors (Lipinski definition) is 1. The summed E-state index contributed by atoms with van der Waals surface area (Å²) in [7, 11) is 0. The largest absolute Gasteiger partial charge is 0.475 e. The summed E-state index contributed by atoms with van der Waals surface area (Å²) >= 11 is 0. The lowest BCUT2D eigenvalue weighted by Crippen LogP contribution is -2.05. The first-order valence-electron chi connectivity index (χ1n) is 7.87. The van der Waals surface area contributed by atoms with Crippen LogP contribution in [0.3, 0.4) is 0 Å². The molecule has 0 spiro atoms. The zero-order chi connectivity index (χ0) is 16.5. The molecule has 24 heavy (non-hydrogen) atoms. The zero-order valence-corrected chi connectivity index (χ0v) is 13.3. The smallest absolute Gasteiger partial charge is 0.223 e. The Kier molecular flexibility index (Phi) is 3.63. The molecule has 0 bridgehead atoms. The second kappa shape index (κ2) is 5.94. The SMILES string of the molecule is Cc1nn(-c2ccccc2)c2nc(OCCO)c3ccccc3c12. The molecule has 4 aromatic rings. The van der Waals surface area contributed by atoms with Crippen LogP contribution in [0.1, 0.15) is 5.69 Å². The summed E-state index contributed by atoms with van der Waals surface area (Å²) in [4.78, 5) is 4.71. The Labute approximate surface area is 139 Å². The van der Waals surface area contributed by atoms with E-state index in [-0.39, 0.29) is 13.2 Å². The van der Waals surface area contributed by atoms with Gasteiger partial charge in [-0.15, -0.1) is 0 Å². The number of fused-ring (bicyclic) bond motifs is 3. The highest BCUT2D eigenvalue weighted by atomic mass is 16.5. The second-order valence-electron chi connectivity index (χ2n) is 5.57. The fraction of sp³-hybridized carbons (Fsp3) is 0.158. The average Bonchev–Trinajstić information content (AvgIpc) is 2.97. The van der Waals surface area contributed by atoms with Crippen LogP contribution in [0, 0.1) is 6.92 Å². The van der Waals surface area contributed by atoms with Gasteiger partial charge in [0, 0.05) is 5.39 Å². The van der Waals surface area contributed by atoms with Gasteiger partial charge in [0.25, 0.3) is 0 Å². The fourth-order valence-corrected chi connectivity index (χ4v) is 2.98. The quantitative estimate of drug-likeness (QED) is 0.627. The van der Waals surface area contributed by atoms with Crippen molar-refractivity contribution in [3.8, 4) is 11.6 Å². The molecule has 0 aliphatic rings. The predicted octanol–water partition coefficient (Wildman–Crippen LogP) is 3.25. The van der Waals surface area contributed by atoms with Crippen LogP contribution in [-0.4, -0.2) is 33.1 Å². The standard InChI is InChI=1S/C19H17N3O2/c1-13-17-15-9-5-6-10-16(15)19(24-12-11-23)20-18(17)22(21-13)14-7-3-2-4-8-14/h2-10,23H,11-12H2,1H3. The fourth-order valence-electron chi connectivity index (χ4n) is 2.98. The molecule has 120 valence electrons. The Morgan fingerprint density at radius 1 is 1.00 bits per heavy atom. The van der Waals surface area contributed by atoms with Gasteiger partial charge in [0.1, 0.15) is 6.61 Å². The Morgan fingerprint density at radius 3 is 2.46 bits per heavy atom. The molecule has 1 N–H and O–H groups in total. The third-order valence-electron chi connectivity index (χ3n) is 4.00. The molecule has 2 aromatic heterocycles. The lowest BCUT2D eigenvalue weighted by Gasteiger charge is -2.09. The molecule has 5 heteroatoms. The highest BCUT2D eigenvalue weighted by Gasteiger charge is 2.17. The summed E-state index contributed by atoms with van der Waals surface area (Å²) in [5, 5.41) is 16.8. The minimum Gasteiger partial charge on any atom is -0.475 e. The monoisotopic (exact) mass is 319 g/mol. The normalized spacial score (nSPS) is 11.2. The third-order valence-corrected chi connectivity index (χ3v) is 4.00. The van der Waals surface area contributed by atoms with E-state index < -0.39 is 0 Å². The van der Waals surface area contributed by atoms with Crippen LogP contribution in [0.25, 0.3) is 27.5 Å². The summed E-state index contributed by atoms with van der Waals surface area (Å²) in [6.07, 6.45) is 0. The van der Waals surface area contributed by atoms with Gasteiger partial charge in [-0.1, -0.05) is 36.4 Å². The molecule has 0 saturated heterocycles. The maximum atomic E-state index is 9.08. The van der Waals surface area contributed by atoms with Gasteiger partial charge >= 0.3 is 0 Å². The van der Waals surface area contributed by atoms with Crippen molar-refractivity contribution in [1.82, 2.24) is 14.8 Å². The van der Waals surface area contributed by atoms with Crippen molar-refractivity contribution in [2.24, 2.45) is 0 Å². The molecule has 0 atom stereocenters. The van der Waals surface area contributed by atoms with E-state index in [9.17, 15) is 0 Å². The van der Waals surface area contributed by atoms with E-state index in [1.54, 1.807) is 0 Å². The topological polar surface area (TPSA) is 60.2 Å². The third kappa shape index (κ3) is 2.30. The number of aliphatic hydroxyl groups excluding tert-OH is 1. The van der Waals surface area contributed by atoms with Crippen LogP contribution in [0.4, 0.5) is 0 Å². The van der Waals surface area contributed by atoms with E-state index in [1.807, 2.05) is 60.1 Å². The van der Waals surface area contributed by atoms with E-state index >= 15 is 0 Å². The van der Waals surface area contributed by atoms with E-state index in [0.717, 1.165) is 33.2 Å². The Hall–Kier alpha value is -2.92. The van der Waals surface area contributed by atoms with Crippen molar-refractivity contribution in [2.45, 2.75) is 6.92 Å². The lowest BCUT2D eigenvalue weighted by molar-refractivity contribution is 0.198. The number of hydrogen-bond acceptors (Lipinski definition) is 4. The van der Waals surface area contributed by atoms with Crippen LogP contribution in [0.2, 0.25) is 0 Å². The van der Waals surface area contributed by atoms with E-state index in [4.69, 9.17) is 14.8 Å². The van der Waals surface area contributed by atoms with Crippen molar-refractivity contribution >= 4 is 21.8 Å². The number of aryl methyl sites for hydroxylation is 1. The molecule has 0 aliphatic carbocycles. The number of ether oxygens (including phenoxy) is 1. The van der Waals surface area contributed by atoms with Crippen LogP contribution in [-0.2, 0) is 0 Å². The average molecular weight is 319 g/mol. The molecule has 5 nitrogen and oxygen atoms in total. The van der Waals surface area contributed by atoms with Crippen molar-refractivity contribution in [3.05, 3.63) is 60.3 Å². The maximum absolute atomic E-state index is 9.08. The lowest BCUT2D eigenvalue weighted by atomic mass is 10.1. The number of aliphatic hydroxyl groups is 1. The highest BCUT2D eigenvalue weighted by molar-refractivity contribution is 6.08. The van der Waals surface area contributed by atoms with E-state index in [1.165, 1.54) is 0 Å². The zero-order valence-electron chi connectivity index (χ0n) is 13.3. The van der Waals surface area contributed by atoms with Gasteiger partial charge in [-0.2, -0.15) is 10.1 Å². The Bertz CT molecular complexity index is 1010. The Balaban J connectivity index is 2.06. The molecule has 2 aromatic carbocycles.